The first kappa shape index (κ1) is 15.3. The zero-order valence-corrected chi connectivity index (χ0v) is 13.6. The fourth-order valence-electron chi connectivity index (χ4n) is 3.04. The van der Waals surface area contributed by atoms with Crippen LogP contribution in [0.15, 0.2) is 18.2 Å². The molecule has 1 aromatic carbocycles. The van der Waals surface area contributed by atoms with Gasteiger partial charge in [0.15, 0.2) is 0 Å². The molecule has 1 fully saturated rings. The van der Waals surface area contributed by atoms with E-state index in [0.717, 1.165) is 5.56 Å². The van der Waals surface area contributed by atoms with Gasteiger partial charge in [0.25, 0.3) is 5.91 Å². The molecule has 6 nitrogen and oxygen atoms in total. The summed E-state index contributed by atoms with van der Waals surface area (Å²) in [4.78, 5) is 14.4. The van der Waals surface area contributed by atoms with E-state index in [1.807, 2.05) is 17.9 Å². The molecule has 0 N–H and O–H groups in total. The van der Waals surface area contributed by atoms with Gasteiger partial charge in [-0.25, -0.2) is 8.42 Å². The summed E-state index contributed by atoms with van der Waals surface area (Å²) in [6.45, 7) is 4.11. The number of nitrogens with zero attached hydrogens (tertiary/aromatic N) is 2. The van der Waals surface area contributed by atoms with Gasteiger partial charge in [-0.1, -0.05) is 0 Å². The second-order valence-electron chi connectivity index (χ2n) is 5.85. The summed E-state index contributed by atoms with van der Waals surface area (Å²) in [5.41, 5.74) is 2.22. The Bertz CT molecular complexity index is 701. The largest absolute Gasteiger partial charge is 0.377 e. The van der Waals surface area contributed by atoms with E-state index < -0.39 is 10.0 Å². The van der Waals surface area contributed by atoms with Crippen LogP contribution in [0, 0.1) is 0 Å². The van der Waals surface area contributed by atoms with E-state index in [9.17, 15) is 13.2 Å². The van der Waals surface area contributed by atoms with Crippen molar-refractivity contribution in [1.82, 2.24) is 4.90 Å². The van der Waals surface area contributed by atoms with Crippen LogP contribution in [0.4, 0.5) is 5.69 Å². The zero-order chi connectivity index (χ0) is 15.9. The van der Waals surface area contributed by atoms with Crippen LogP contribution in [0.1, 0.15) is 22.8 Å². The van der Waals surface area contributed by atoms with E-state index >= 15 is 0 Å². The average Bonchev–Trinajstić information content (AvgIpc) is 2.90. The summed E-state index contributed by atoms with van der Waals surface area (Å²) in [6.07, 6.45) is 1.85. The molecule has 2 aliphatic rings. The van der Waals surface area contributed by atoms with E-state index in [2.05, 4.69) is 0 Å². The highest BCUT2D eigenvalue weighted by atomic mass is 32.2. The van der Waals surface area contributed by atoms with E-state index in [1.165, 1.54) is 10.6 Å². The lowest BCUT2D eigenvalue weighted by molar-refractivity contribution is 0.00359. The minimum Gasteiger partial charge on any atom is -0.377 e. The van der Waals surface area contributed by atoms with Gasteiger partial charge in [-0.2, -0.15) is 0 Å². The van der Waals surface area contributed by atoms with Crippen LogP contribution in [-0.4, -0.2) is 57.8 Å². The molecule has 120 valence electrons. The molecule has 2 heterocycles. The highest BCUT2D eigenvalue weighted by molar-refractivity contribution is 7.92. The predicted molar refractivity (Wildman–Crippen MR) is 83.7 cm³/mol. The maximum absolute atomic E-state index is 12.6. The molecule has 3 rings (SSSR count). The monoisotopic (exact) mass is 324 g/mol. The number of benzene rings is 1. The van der Waals surface area contributed by atoms with Crippen LogP contribution < -0.4 is 4.31 Å². The summed E-state index contributed by atoms with van der Waals surface area (Å²) in [5, 5.41) is 0. The zero-order valence-electron chi connectivity index (χ0n) is 12.8. The summed E-state index contributed by atoms with van der Waals surface area (Å²) in [7, 11) is -3.26. The topological polar surface area (TPSA) is 66.9 Å². The van der Waals surface area contributed by atoms with Crippen LogP contribution in [0.3, 0.4) is 0 Å². The molecule has 1 amide bonds. The number of hydrogen-bond acceptors (Lipinski definition) is 4. The van der Waals surface area contributed by atoms with Crippen molar-refractivity contribution in [2.24, 2.45) is 0 Å². The van der Waals surface area contributed by atoms with Crippen molar-refractivity contribution in [3.05, 3.63) is 29.3 Å². The lowest BCUT2D eigenvalue weighted by atomic mass is 10.1. The Morgan fingerprint density at radius 1 is 1.32 bits per heavy atom. The first-order valence-corrected chi connectivity index (χ1v) is 9.22. The van der Waals surface area contributed by atoms with Crippen molar-refractivity contribution in [3.8, 4) is 0 Å². The summed E-state index contributed by atoms with van der Waals surface area (Å²) >= 11 is 0. The van der Waals surface area contributed by atoms with Crippen molar-refractivity contribution >= 4 is 21.6 Å². The molecule has 7 heteroatoms. The van der Waals surface area contributed by atoms with Gasteiger partial charge >= 0.3 is 0 Å². The molecule has 2 aliphatic heterocycles. The summed E-state index contributed by atoms with van der Waals surface area (Å²) in [5.74, 6) is -0.0172. The molecule has 0 spiro atoms. The van der Waals surface area contributed by atoms with Crippen LogP contribution in [0.2, 0.25) is 0 Å². The van der Waals surface area contributed by atoms with Gasteiger partial charge in [-0.3, -0.25) is 9.10 Å². The lowest BCUT2D eigenvalue weighted by Crippen LogP contribution is -2.47. The van der Waals surface area contributed by atoms with Gasteiger partial charge in [-0.05, 0) is 37.1 Å². The van der Waals surface area contributed by atoms with Crippen molar-refractivity contribution in [2.45, 2.75) is 19.4 Å². The normalized spacial score (nSPS) is 21.8. The summed E-state index contributed by atoms with van der Waals surface area (Å²) in [6, 6.07) is 5.33. The van der Waals surface area contributed by atoms with Gasteiger partial charge in [0.2, 0.25) is 10.0 Å². The quantitative estimate of drug-likeness (QED) is 0.809. The Hall–Kier alpha value is -1.60. The SMILES string of the molecule is C[C@H]1COCCN1C(=O)c1ccc2c(c1)CCN2S(C)(=O)=O. The van der Waals surface area contributed by atoms with Gasteiger partial charge in [0.05, 0.1) is 31.2 Å². The molecular formula is C15H20N2O4S. The highest BCUT2D eigenvalue weighted by Crippen LogP contribution is 2.31. The maximum Gasteiger partial charge on any atom is 0.254 e. The molecule has 22 heavy (non-hydrogen) atoms. The Kier molecular flexibility index (Phi) is 3.86. The van der Waals surface area contributed by atoms with Gasteiger partial charge in [0, 0.05) is 18.7 Å². The smallest absolute Gasteiger partial charge is 0.254 e. The standard InChI is InChI=1S/C15H20N2O4S/c1-11-10-21-8-7-16(11)15(18)13-3-4-14-12(9-13)5-6-17(14)22(2,19)20/h3-4,9,11H,5-8,10H2,1-2H3/t11-/m0/s1. The Morgan fingerprint density at radius 3 is 2.77 bits per heavy atom. The molecule has 1 aromatic rings. The minimum absolute atomic E-state index is 0.0172. The first-order valence-electron chi connectivity index (χ1n) is 7.37. The molecule has 1 atom stereocenters. The third-order valence-corrected chi connectivity index (χ3v) is 5.39. The molecule has 0 aromatic heterocycles. The number of amides is 1. The lowest BCUT2D eigenvalue weighted by Gasteiger charge is -2.33. The second-order valence-corrected chi connectivity index (χ2v) is 7.76. The number of hydrogen-bond donors (Lipinski definition) is 0. The molecule has 0 radical (unpaired) electrons. The third-order valence-electron chi connectivity index (χ3n) is 4.21. The van der Waals surface area contributed by atoms with Crippen LogP contribution >= 0.6 is 0 Å². The van der Waals surface area contributed by atoms with Crippen LogP contribution in [-0.2, 0) is 21.2 Å². The first-order chi connectivity index (χ1) is 10.4. The number of anilines is 1. The Morgan fingerprint density at radius 2 is 2.09 bits per heavy atom. The highest BCUT2D eigenvalue weighted by Gasteiger charge is 2.29. The number of fused-ring (bicyclic) bond motifs is 1. The van der Waals surface area contributed by atoms with E-state index in [1.54, 1.807) is 12.1 Å². The van der Waals surface area contributed by atoms with Crippen molar-refractivity contribution in [1.29, 1.82) is 0 Å². The third kappa shape index (κ3) is 2.70. The summed E-state index contributed by atoms with van der Waals surface area (Å²) < 4.78 is 30.2. The number of sulfonamides is 1. The van der Waals surface area contributed by atoms with Crippen LogP contribution in [0.25, 0.3) is 0 Å². The molecule has 1 saturated heterocycles. The average molecular weight is 324 g/mol. The second kappa shape index (κ2) is 5.55. The van der Waals surface area contributed by atoms with E-state index in [4.69, 9.17) is 4.74 Å². The number of ether oxygens (including phenoxy) is 1. The van der Waals surface area contributed by atoms with Gasteiger partial charge in [0.1, 0.15) is 0 Å². The van der Waals surface area contributed by atoms with E-state index in [0.29, 0.717) is 44.0 Å². The predicted octanol–water partition coefficient (Wildman–Crippen LogP) is 0.870. The van der Waals surface area contributed by atoms with E-state index in [-0.39, 0.29) is 11.9 Å². The fourth-order valence-corrected chi connectivity index (χ4v) is 4.00. The number of carbonyl (C=O) groups excluding carboxylic acids is 1. The molecule has 0 unspecified atom stereocenters. The van der Waals surface area contributed by atoms with Gasteiger partial charge in [-0.15, -0.1) is 0 Å². The number of rotatable bonds is 2. The minimum atomic E-state index is -3.26. The fraction of sp³-hybridized carbons (Fsp3) is 0.533. The van der Waals surface area contributed by atoms with Crippen molar-refractivity contribution in [3.63, 3.8) is 0 Å². The number of morpholine rings is 1. The maximum atomic E-state index is 12.6. The van der Waals surface area contributed by atoms with Crippen molar-refractivity contribution < 1.29 is 17.9 Å². The molecule has 0 saturated carbocycles. The van der Waals surface area contributed by atoms with Crippen molar-refractivity contribution in [2.75, 3.05) is 36.9 Å². The van der Waals surface area contributed by atoms with Gasteiger partial charge < -0.3 is 9.64 Å². The molecular weight excluding hydrogens is 304 g/mol. The van der Waals surface area contributed by atoms with Crippen LogP contribution in [0.5, 0.6) is 0 Å². The Labute approximate surface area is 130 Å². The Balaban J connectivity index is 1.87. The molecule has 0 aliphatic carbocycles. The number of carbonyl (C=O) groups is 1. The molecule has 0 bridgehead atoms.